The number of ether oxygens (including phenoxy) is 2. The summed E-state index contributed by atoms with van der Waals surface area (Å²) in [7, 11) is 1.54. The Balaban J connectivity index is 1.29. The van der Waals surface area contributed by atoms with Gasteiger partial charge in [-0.15, -0.1) is 0 Å². The Hall–Kier alpha value is -3.71. The van der Waals surface area contributed by atoms with Gasteiger partial charge in [-0.3, -0.25) is 4.79 Å². The second-order valence-corrected chi connectivity index (χ2v) is 8.68. The fraction of sp³-hybridized carbons (Fsp3) is 0.259. The zero-order valence-corrected chi connectivity index (χ0v) is 20.3. The minimum Gasteiger partial charge on any atom is -0.493 e. The van der Waals surface area contributed by atoms with Crippen LogP contribution in [0.15, 0.2) is 72.8 Å². The molecule has 182 valence electrons. The summed E-state index contributed by atoms with van der Waals surface area (Å²) in [6.45, 7) is 1.43. The van der Waals surface area contributed by atoms with Gasteiger partial charge in [-0.25, -0.2) is 4.79 Å². The Morgan fingerprint density at radius 1 is 0.971 bits per heavy atom. The van der Waals surface area contributed by atoms with Gasteiger partial charge in [-0.2, -0.15) is 0 Å². The number of carbonyl (C=O) groups is 2. The molecule has 1 saturated heterocycles. The molecule has 0 saturated carbocycles. The quantitative estimate of drug-likeness (QED) is 0.464. The predicted octanol–water partition coefficient (Wildman–Crippen LogP) is 5.35. The van der Waals surface area contributed by atoms with E-state index in [2.05, 4.69) is 10.6 Å². The summed E-state index contributed by atoms with van der Waals surface area (Å²) in [4.78, 5) is 27.1. The fourth-order valence-corrected chi connectivity index (χ4v) is 4.11. The van der Waals surface area contributed by atoms with E-state index >= 15 is 0 Å². The van der Waals surface area contributed by atoms with Crippen molar-refractivity contribution in [3.05, 3.63) is 88.9 Å². The molecule has 0 aromatic heterocycles. The lowest BCUT2D eigenvalue weighted by Gasteiger charge is -2.32. The first-order valence-electron chi connectivity index (χ1n) is 11.5. The van der Waals surface area contributed by atoms with Crippen molar-refractivity contribution in [1.29, 1.82) is 0 Å². The Morgan fingerprint density at radius 3 is 2.40 bits per heavy atom. The van der Waals surface area contributed by atoms with Gasteiger partial charge in [0, 0.05) is 41.0 Å². The number of para-hydroxylation sites is 1. The molecule has 4 rings (SSSR count). The molecule has 0 atom stereocenters. The fourth-order valence-electron chi connectivity index (χ4n) is 3.92. The standard InChI is InChI=1S/C27H28ClN3O4/c1-34-25-17-19(11-12-24(25)35-18-20-7-5-6-10-23(20)28)26(32)29-22-13-15-31(16-14-22)27(33)30-21-8-3-2-4-9-21/h2-12,17,22H,13-16,18H2,1H3,(H,29,32)(H,30,33). The van der Waals surface area contributed by atoms with Gasteiger partial charge in [0.2, 0.25) is 0 Å². The highest BCUT2D eigenvalue weighted by atomic mass is 35.5. The minimum absolute atomic E-state index is 0.00887. The Bertz CT molecular complexity index is 1160. The minimum atomic E-state index is -0.187. The van der Waals surface area contributed by atoms with Crippen LogP contribution in [-0.4, -0.2) is 43.1 Å². The first kappa shape index (κ1) is 24.4. The van der Waals surface area contributed by atoms with Crippen molar-refractivity contribution in [1.82, 2.24) is 10.2 Å². The number of benzene rings is 3. The van der Waals surface area contributed by atoms with Gasteiger partial charge < -0.3 is 25.0 Å². The third-order valence-electron chi connectivity index (χ3n) is 5.91. The summed E-state index contributed by atoms with van der Waals surface area (Å²) >= 11 is 6.20. The summed E-state index contributed by atoms with van der Waals surface area (Å²) in [6.07, 6.45) is 1.37. The lowest BCUT2D eigenvalue weighted by molar-refractivity contribution is 0.0919. The van der Waals surface area contributed by atoms with Crippen molar-refractivity contribution >= 4 is 29.2 Å². The number of piperidine rings is 1. The molecule has 0 radical (unpaired) electrons. The van der Waals surface area contributed by atoms with E-state index in [1.807, 2.05) is 54.6 Å². The molecule has 1 aliphatic heterocycles. The summed E-state index contributed by atoms with van der Waals surface area (Å²) in [5, 5.41) is 6.60. The van der Waals surface area contributed by atoms with Crippen molar-refractivity contribution in [3.8, 4) is 11.5 Å². The van der Waals surface area contributed by atoms with E-state index in [4.69, 9.17) is 21.1 Å². The summed E-state index contributed by atoms with van der Waals surface area (Å²) in [5.41, 5.74) is 2.11. The van der Waals surface area contributed by atoms with Gasteiger partial charge in [0.15, 0.2) is 11.5 Å². The number of rotatable bonds is 7. The van der Waals surface area contributed by atoms with Gasteiger partial charge in [0.25, 0.3) is 5.91 Å². The number of nitrogens with one attached hydrogen (secondary N) is 2. The first-order valence-corrected chi connectivity index (χ1v) is 11.9. The summed E-state index contributed by atoms with van der Waals surface area (Å²) in [6, 6.07) is 21.8. The van der Waals surface area contributed by atoms with Crippen LogP contribution in [0.2, 0.25) is 5.02 Å². The molecule has 35 heavy (non-hydrogen) atoms. The average molecular weight is 494 g/mol. The maximum Gasteiger partial charge on any atom is 0.321 e. The first-order chi connectivity index (χ1) is 17.0. The van der Waals surface area contributed by atoms with Crippen LogP contribution in [0.1, 0.15) is 28.8 Å². The topological polar surface area (TPSA) is 79.9 Å². The van der Waals surface area contributed by atoms with Crippen LogP contribution in [0.5, 0.6) is 11.5 Å². The lowest BCUT2D eigenvalue weighted by atomic mass is 10.0. The molecule has 0 unspecified atom stereocenters. The summed E-state index contributed by atoms with van der Waals surface area (Å²) in [5.74, 6) is 0.812. The molecule has 3 aromatic rings. The number of hydrogen-bond donors (Lipinski definition) is 2. The van der Waals surface area contributed by atoms with Crippen LogP contribution in [0.25, 0.3) is 0 Å². The number of methoxy groups -OCH3 is 1. The van der Waals surface area contributed by atoms with E-state index in [0.29, 0.717) is 48.0 Å². The Morgan fingerprint density at radius 2 is 1.69 bits per heavy atom. The second kappa shape index (κ2) is 11.6. The highest BCUT2D eigenvalue weighted by molar-refractivity contribution is 6.31. The number of carbonyl (C=O) groups excluding carboxylic acids is 2. The molecule has 1 heterocycles. The van der Waals surface area contributed by atoms with Gasteiger partial charge in [0.1, 0.15) is 6.61 Å². The number of likely N-dealkylation sites (tertiary alicyclic amines) is 1. The number of amides is 3. The SMILES string of the molecule is COc1cc(C(=O)NC2CCN(C(=O)Nc3ccccc3)CC2)ccc1OCc1ccccc1Cl. The molecule has 0 aliphatic carbocycles. The van der Waals surface area contributed by atoms with Gasteiger partial charge in [-0.05, 0) is 49.2 Å². The maximum atomic E-state index is 12.9. The third-order valence-corrected chi connectivity index (χ3v) is 6.28. The number of hydrogen-bond acceptors (Lipinski definition) is 4. The molecule has 0 spiro atoms. The monoisotopic (exact) mass is 493 g/mol. The van der Waals surface area contributed by atoms with Crippen molar-refractivity contribution in [2.75, 3.05) is 25.5 Å². The average Bonchev–Trinajstić information content (AvgIpc) is 2.89. The number of nitrogens with zero attached hydrogens (tertiary/aromatic N) is 1. The van der Waals surface area contributed by atoms with Gasteiger partial charge >= 0.3 is 6.03 Å². The third kappa shape index (κ3) is 6.45. The van der Waals surface area contributed by atoms with Crippen molar-refractivity contribution in [2.45, 2.75) is 25.5 Å². The number of anilines is 1. The van der Waals surface area contributed by atoms with Crippen LogP contribution < -0.4 is 20.1 Å². The molecule has 8 heteroatoms. The zero-order valence-electron chi connectivity index (χ0n) is 19.5. The molecule has 2 N–H and O–H groups in total. The second-order valence-electron chi connectivity index (χ2n) is 8.28. The van der Waals surface area contributed by atoms with E-state index < -0.39 is 0 Å². The summed E-state index contributed by atoms with van der Waals surface area (Å²) < 4.78 is 11.3. The molecule has 1 aliphatic rings. The Labute approximate surface area is 210 Å². The van der Waals surface area contributed by atoms with Crippen LogP contribution >= 0.6 is 11.6 Å². The highest BCUT2D eigenvalue weighted by Crippen LogP contribution is 2.30. The van der Waals surface area contributed by atoms with Crippen LogP contribution in [-0.2, 0) is 6.61 Å². The largest absolute Gasteiger partial charge is 0.493 e. The number of urea groups is 1. The zero-order chi connectivity index (χ0) is 24.6. The molecule has 3 amide bonds. The molecule has 3 aromatic carbocycles. The molecule has 7 nitrogen and oxygen atoms in total. The normalized spacial score (nSPS) is 13.7. The number of halogens is 1. The maximum absolute atomic E-state index is 12.9. The molecule has 0 bridgehead atoms. The van der Waals surface area contributed by atoms with Crippen LogP contribution in [0.3, 0.4) is 0 Å². The van der Waals surface area contributed by atoms with E-state index in [9.17, 15) is 9.59 Å². The van der Waals surface area contributed by atoms with Crippen LogP contribution in [0, 0.1) is 0 Å². The highest BCUT2D eigenvalue weighted by Gasteiger charge is 2.24. The van der Waals surface area contributed by atoms with Gasteiger partial charge in [0.05, 0.1) is 7.11 Å². The molecule has 1 fully saturated rings. The van der Waals surface area contributed by atoms with Crippen LogP contribution in [0.4, 0.5) is 10.5 Å². The van der Waals surface area contributed by atoms with E-state index in [1.54, 1.807) is 23.1 Å². The molecular weight excluding hydrogens is 466 g/mol. The Kier molecular flexibility index (Phi) is 8.11. The van der Waals surface area contributed by atoms with Crippen molar-refractivity contribution < 1.29 is 19.1 Å². The lowest BCUT2D eigenvalue weighted by Crippen LogP contribution is -2.47. The van der Waals surface area contributed by atoms with Crippen molar-refractivity contribution in [3.63, 3.8) is 0 Å². The van der Waals surface area contributed by atoms with E-state index in [-0.39, 0.29) is 24.6 Å². The predicted molar refractivity (Wildman–Crippen MR) is 136 cm³/mol. The van der Waals surface area contributed by atoms with Crippen molar-refractivity contribution in [2.24, 2.45) is 0 Å². The van der Waals surface area contributed by atoms with E-state index in [0.717, 1.165) is 11.3 Å². The van der Waals surface area contributed by atoms with Gasteiger partial charge in [-0.1, -0.05) is 48.0 Å². The van der Waals surface area contributed by atoms with E-state index in [1.165, 1.54) is 7.11 Å². The molecular formula is C27H28ClN3O4. The smallest absolute Gasteiger partial charge is 0.321 e.